The first-order chi connectivity index (χ1) is 13.2. The Morgan fingerprint density at radius 3 is 1.88 bits per heavy atom. The van der Waals surface area contributed by atoms with Crippen LogP contribution in [-0.2, 0) is 0 Å². The summed E-state index contributed by atoms with van der Waals surface area (Å²) in [5.74, 6) is 0. The molecule has 5 nitrogen and oxygen atoms in total. The molecule has 0 radical (unpaired) electrons. The molecule has 0 atom stereocenters. The lowest BCUT2D eigenvalue weighted by Gasteiger charge is -1.93. The molecule has 5 heteroatoms. The maximum absolute atomic E-state index is 9.60. The van der Waals surface area contributed by atoms with Crippen molar-refractivity contribution >= 4 is 35.5 Å². The first kappa shape index (κ1) is 13.5. The fourth-order valence-corrected chi connectivity index (χ4v) is 3.01. The summed E-state index contributed by atoms with van der Waals surface area (Å²) >= 11 is 0. The van der Waals surface area contributed by atoms with Crippen LogP contribution in [0.25, 0.3) is 18.4 Å². The summed E-state index contributed by atoms with van der Waals surface area (Å²) < 4.78 is 8.32. The van der Waals surface area contributed by atoms with E-state index in [9.17, 15) is 5.11 Å². The minimum atomic E-state index is 0.210. The summed E-state index contributed by atoms with van der Waals surface area (Å²) in [6.07, 6.45) is 19.8. The number of hydrogen-bond donors (Lipinski definition) is 2. The van der Waals surface area contributed by atoms with E-state index in [1.807, 2.05) is 54.7 Å². The smallest absolute Gasteiger partial charge is 0.0885 e. The Kier molecular flexibility index (Phi) is 2.95. The van der Waals surface area contributed by atoms with Crippen molar-refractivity contribution in [1.29, 1.82) is 0 Å². The van der Waals surface area contributed by atoms with Gasteiger partial charge in [-0.3, -0.25) is 0 Å². The lowest BCUT2D eigenvalue weighted by atomic mass is 10.2. The SMILES string of the molecule is [2H]c1c2[nH]c(/c1=C\O)=CC1=NC(=CC3=NC(=CC4=NC(=C2)C=C4)C=C3)C=C1. The highest BCUT2D eigenvalue weighted by Gasteiger charge is 2.09. The zero-order chi connectivity index (χ0) is 18.4. The summed E-state index contributed by atoms with van der Waals surface area (Å²) in [5, 5.41) is 10.6. The number of nitrogens with one attached hydrogen (secondary N) is 1. The number of aliphatic hydroxyl groups is 1. The van der Waals surface area contributed by atoms with Gasteiger partial charge >= 0.3 is 0 Å². The number of aliphatic hydroxyl groups excluding tert-OH is 1. The fraction of sp³-hybridized carbons (Fsp3) is 0. The molecule has 0 spiro atoms. The molecule has 0 aromatic carbocycles. The van der Waals surface area contributed by atoms with Crippen molar-refractivity contribution in [1.82, 2.24) is 4.98 Å². The quantitative estimate of drug-likeness (QED) is 0.747. The summed E-state index contributed by atoms with van der Waals surface area (Å²) in [6, 6.07) is 0.210. The van der Waals surface area contributed by atoms with Crippen LogP contribution in [0.15, 0.2) is 86.7 Å². The highest BCUT2D eigenvalue weighted by atomic mass is 16.2. The van der Waals surface area contributed by atoms with Crippen LogP contribution in [0.4, 0.5) is 0 Å². The van der Waals surface area contributed by atoms with E-state index in [-0.39, 0.29) is 6.04 Å². The van der Waals surface area contributed by atoms with Crippen LogP contribution in [0.1, 0.15) is 7.06 Å². The molecule has 4 aliphatic rings. The van der Waals surface area contributed by atoms with Crippen LogP contribution in [-0.4, -0.2) is 27.2 Å². The van der Waals surface area contributed by atoms with Crippen molar-refractivity contribution in [2.45, 2.75) is 0 Å². The lowest BCUT2D eigenvalue weighted by Crippen LogP contribution is -2.23. The second kappa shape index (κ2) is 5.67. The molecule has 2 N–H and O–H groups in total. The Bertz CT molecular complexity index is 1270. The predicted octanol–water partition coefficient (Wildman–Crippen LogP) is 2.25. The Balaban J connectivity index is 1.76. The number of allylic oxidation sites excluding steroid dienone is 8. The van der Waals surface area contributed by atoms with Gasteiger partial charge in [0.1, 0.15) is 0 Å². The monoisotopic (exact) mass is 339 g/mol. The van der Waals surface area contributed by atoms with Crippen molar-refractivity contribution in [3.8, 4) is 0 Å². The third-order valence-electron chi connectivity index (χ3n) is 4.18. The van der Waals surface area contributed by atoms with Crippen molar-refractivity contribution in [2.24, 2.45) is 15.0 Å². The van der Waals surface area contributed by atoms with E-state index in [0.29, 0.717) is 16.3 Å². The molecule has 5 rings (SSSR count). The fourth-order valence-electron chi connectivity index (χ4n) is 3.01. The molecule has 0 unspecified atom stereocenters. The second-order valence-electron chi connectivity index (χ2n) is 6.08. The van der Waals surface area contributed by atoms with Crippen molar-refractivity contribution < 1.29 is 6.48 Å². The van der Waals surface area contributed by atoms with Gasteiger partial charge in [0.2, 0.25) is 0 Å². The van der Waals surface area contributed by atoms with Gasteiger partial charge in [0.15, 0.2) is 0 Å². The minimum Gasteiger partial charge on any atom is -0.515 e. The largest absolute Gasteiger partial charge is 0.515 e. The summed E-state index contributed by atoms with van der Waals surface area (Å²) in [4.78, 5) is 16.9. The highest BCUT2D eigenvalue weighted by Crippen LogP contribution is 2.18. The number of H-pyrrole nitrogens is 1. The first-order valence-electron chi connectivity index (χ1n) is 8.68. The Hall–Kier alpha value is -3.73. The van der Waals surface area contributed by atoms with Crippen LogP contribution >= 0.6 is 0 Å². The number of aromatic amines is 1. The Morgan fingerprint density at radius 2 is 1.31 bits per heavy atom. The number of rotatable bonds is 0. The van der Waals surface area contributed by atoms with E-state index < -0.39 is 0 Å². The van der Waals surface area contributed by atoms with Gasteiger partial charge in [-0.2, -0.15) is 0 Å². The predicted molar refractivity (Wildman–Crippen MR) is 105 cm³/mol. The van der Waals surface area contributed by atoms with Gasteiger partial charge in [-0.05, 0) is 66.8 Å². The van der Waals surface area contributed by atoms with Crippen LogP contribution < -0.4 is 10.6 Å². The lowest BCUT2D eigenvalue weighted by molar-refractivity contribution is 0.540. The van der Waals surface area contributed by atoms with Crippen LogP contribution in [0.2, 0.25) is 0 Å². The van der Waals surface area contributed by atoms with Crippen LogP contribution in [0, 0.1) is 0 Å². The van der Waals surface area contributed by atoms with Gasteiger partial charge in [0.25, 0.3) is 0 Å². The molecule has 4 aliphatic heterocycles. The number of fused-ring (bicyclic) bond motifs is 5. The van der Waals surface area contributed by atoms with Gasteiger partial charge in [0, 0.05) is 10.9 Å². The number of aromatic nitrogens is 1. The first-order valence-corrected chi connectivity index (χ1v) is 8.18. The van der Waals surface area contributed by atoms with E-state index in [4.69, 9.17) is 1.37 Å². The molecule has 5 heterocycles. The van der Waals surface area contributed by atoms with Crippen molar-refractivity contribution in [2.75, 3.05) is 0 Å². The van der Waals surface area contributed by atoms with Crippen LogP contribution in [0.3, 0.4) is 0 Å². The zero-order valence-corrected chi connectivity index (χ0v) is 13.6. The standard InChI is InChI=1S/C21H14N4O/c26-12-13-7-20-10-18-4-3-16(23-18)8-14-1-2-15(22-14)9-17-5-6-19(24-17)11-21(13)25-20/h1-12,25-26H/b13-12-,14-8?,17-9?,18-10?,21-11?/i7D. The molecule has 0 aliphatic carbocycles. The Morgan fingerprint density at radius 1 is 0.769 bits per heavy atom. The highest BCUT2D eigenvalue weighted by molar-refractivity contribution is 6.20. The summed E-state index contributed by atoms with van der Waals surface area (Å²) in [7, 11) is 0. The maximum Gasteiger partial charge on any atom is 0.0885 e. The zero-order valence-electron chi connectivity index (χ0n) is 14.6. The molecule has 0 saturated carbocycles. The molecule has 0 amide bonds. The normalized spacial score (nSPS) is 20.9. The molecule has 124 valence electrons. The van der Waals surface area contributed by atoms with E-state index in [1.54, 1.807) is 6.08 Å². The topological polar surface area (TPSA) is 73.1 Å². The molecular formula is C21H14N4O. The van der Waals surface area contributed by atoms with Crippen molar-refractivity contribution in [3.63, 3.8) is 0 Å². The number of aliphatic imine (C=N–C) groups is 3. The minimum absolute atomic E-state index is 0.210. The molecule has 0 saturated heterocycles. The number of nitrogens with zero attached hydrogens (tertiary/aromatic N) is 3. The molecular weight excluding hydrogens is 324 g/mol. The van der Waals surface area contributed by atoms with E-state index in [1.165, 1.54) is 0 Å². The van der Waals surface area contributed by atoms with E-state index in [2.05, 4.69) is 20.0 Å². The third-order valence-corrected chi connectivity index (χ3v) is 4.18. The second-order valence-corrected chi connectivity index (χ2v) is 6.08. The molecule has 8 bridgehead atoms. The van der Waals surface area contributed by atoms with Gasteiger partial charge in [-0.25, -0.2) is 15.0 Å². The molecule has 1 aromatic heterocycles. The maximum atomic E-state index is 9.60. The summed E-state index contributed by atoms with van der Waals surface area (Å²) in [5.41, 5.74) is 5.29. The average Bonchev–Trinajstić information content (AvgIpc) is 3.41. The Labute approximate surface area is 150 Å². The summed E-state index contributed by atoms with van der Waals surface area (Å²) in [6.45, 7) is 0. The van der Waals surface area contributed by atoms with Gasteiger partial charge in [-0.15, -0.1) is 0 Å². The molecule has 0 fully saturated rings. The van der Waals surface area contributed by atoms with E-state index in [0.717, 1.165) is 40.5 Å². The van der Waals surface area contributed by atoms with E-state index >= 15 is 0 Å². The third kappa shape index (κ3) is 2.65. The van der Waals surface area contributed by atoms with Gasteiger partial charge in [-0.1, -0.05) is 0 Å². The number of hydrogen-bond acceptors (Lipinski definition) is 4. The van der Waals surface area contributed by atoms with Gasteiger partial charge in [0.05, 0.1) is 47.2 Å². The molecule has 26 heavy (non-hydrogen) atoms. The van der Waals surface area contributed by atoms with Gasteiger partial charge < -0.3 is 10.1 Å². The average molecular weight is 339 g/mol. The van der Waals surface area contributed by atoms with Crippen molar-refractivity contribution in [3.05, 3.63) is 88.0 Å². The molecule has 1 aromatic rings. The van der Waals surface area contributed by atoms with Crippen LogP contribution in [0.5, 0.6) is 0 Å².